The van der Waals surface area contributed by atoms with E-state index < -0.39 is 0 Å². The number of hydrogen-bond donors (Lipinski definition) is 3. The Labute approximate surface area is 118 Å². The molecule has 0 aliphatic rings. The lowest BCUT2D eigenvalue weighted by Gasteiger charge is -2.10. The molecule has 2 amide bonds. The average Bonchev–Trinajstić information content (AvgIpc) is 2.38. The van der Waals surface area contributed by atoms with Crippen LogP contribution in [0.2, 0.25) is 0 Å². The minimum atomic E-state index is -0.238. The van der Waals surface area contributed by atoms with Crippen LogP contribution in [0, 0.1) is 0 Å². The maximum Gasteiger partial charge on any atom is 0.239 e. The highest BCUT2D eigenvalue weighted by Crippen LogP contribution is 2.19. The summed E-state index contributed by atoms with van der Waals surface area (Å²) in [7, 11) is 0. The Morgan fingerprint density at radius 1 is 1.25 bits per heavy atom. The molecule has 0 heterocycles. The number of rotatable bonds is 7. The molecule has 0 spiro atoms. The molecule has 0 saturated carbocycles. The molecule has 1 aromatic rings. The van der Waals surface area contributed by atoms with Gasteiger partial charge in [-0.15, -0.1) is 0 Å². The second-order valence-electron chi connectivity index (χ2n) is 4.64. The van der Waals surface area contributed by atoms with E-state index in [0.717, 1.165) is 0 Å². The molecular weight excluding hydrogens is 258 g/mol. The van der Waals surface area contributed by atoms with Gasteiger partial charge in [0.15, 0.2) is 0 Å². The molecule has 20 heavy (non-hydrogen) atoms. The van der Waals surface area contributed by atoms with E-state index in [-0.39, 0.29) is 37.4 Å². The number of nitrogen functional groups attached to an aromatic ring is 1. The topological polar surface area (TPSA) is 93.5 Å². The van der Waals surface area contributed by atoms with Crippen molar-refractivity contribution in [2.45, 2.75) is 26.3 Å². The molecule has 0 radical (unpaired) electrons. The van der Waals surface area contributed by atoms with Crippen molar-refractivity contribution in [3.8, 4) is 5.75 Å². The molecule has 0 atom stereocenters. The zero-order valence-corrected chi connectivity index (χ0v) is 11.8. The molecule has 0 aliphatic carbocycles. The highest BCUT2D eigenvalue weighted by Gasteiger charge is 2.07. The van der Waals surface area contributed by atoms with Crippen molar-refractivity contribution in [3.05, 3.63) is 24.3 Å². The van der Waals surface area contributed by atoms with E-state index in [4.69, 9.17) is 10.5 Å². The minimum Gasteiger partial charge on any atom is -0.491 e. The predicted octanol–water partition coefficient (Wildman–Crippen LogP) is 0.678. The number of benzene rings is 1. The second kappa shape index (κ2) is 8.04. The first kappa shape index (κ1) is 15.8. The summed E-state index contributed by atoms with van der Waals surface area (Å²) in [6.45, 7) is 3.91. The van der Waals surface area contributed by atoms with Gasteiger partial charge in [0.05, 0.1) is 25.3 Å². The summed E-state index contributed by atoms with van der Waals surface area (Å²) in [6.07, 6.45) is 0.170. The van der Waals surface area contributed by atoms with Crippen LogP contribution >= 0.6 is 0 Å². The molecule has 0 aliphatic heterocycles. The van der Waals surface area contributed by atoms with Gasteiger partial charge >= 0.3 is 0 Å². The molecule has 0 fully saturated rings. The molecule has 1 aromatic carbocycles. The number of amides is 2. The van der Waals surface area contributed by atoms with Gasteiger partial charge in [0.1, 0.15) is 5.75 Å². The molecule has 110 valence electrons. The van der Waals surface area contributed by atoms with Gasteiger partial charge in [-0.05, 0) is 26.0 Å². The van der Waals surface area contributed by atoms with Gasteiger partial charge in [0.2, 0.25) is 11.8 Å². The predicted molar refractivity (Wildman–Crippen MR) is 77.3 cm³/mol. The van der Waals surface area contributed by atoms with Gasteiger partial charge in [-0.25, -0.2) is 0 Å². The molecule has 0 bridgehead atoms. The third kappa shape index (κ3) is 6.08. The summed E-state index contributed by atoms with van der Waals surface area (Å²) in [5, 5.41) is 5.21. The zero-order valence-electron chi connectivity index (χ0n) is 11.8. The zero-order chi connectivity index (χ0) is 15.0. The van der Waals surface area contributed by atoms with E-state index in [9.17, 15) is 9.59 Å². The summed E-state index contributed by atoms with van der Waals surface area (Å²) in [5.74, 6) is 0.109. The van der Waals surface area contributed by atoms with Crippen LogP contribution in [0.1, 0.15) is 20.3 Å². The van der Waals surface area contributed by atoms with E-state index in [1.54, 1.807) is 12.1 Å². The van der Waals surface area contributed by atoms with Crippen LogP contribution in [0.3, 0.4) is 0 Å². The van der Waals surface area contributed by atoms with Crippen molar-refractivity contribution in [1.82, 2.24) is 10.6 Å². The highest BCUT2D eigenvalue weighted by molar-refractivity contribution is 5.84. The van der Waals surface area contributed by atoms with Crippen molar-refractivity contribution >= 4 is 17.5 Å². The number of carbonyl (C=O) groups excluding carboxylic acids is 2. The van der Waals surface area contributed by atoms with Crippen molar-refractivity contribution in [3.63, 3.8) is 0 Å². The van der Waals surface area contributed by atoms with Crippen LogP contribution in [0.25, 0.3) is 0 Å². The summed E-state index contributed by atoms with van der Waals surface area (Å²) in [6, 6.07) is 7.14. The molecule has 0 saturated heterocycles. The summed E-state index contributed by atoms with van der Waals surface area (Å²) >= 11 is 0. The van der Waals surface area contributed by atoms with Gasteiger partial charge in [0.25, 0.3) is 0 Å². The Morgan fingerprint density at radius 2 is 1.95 bits per heavy atom. The van der Waals surface area contributed by atoms with Crippen molar-refractivity contribution < 1.29 is 14.3 Å². The largest absolute Gasteiger partial charge is 0.491 e. The van der Waals surface area contributed by atoms with Gasteiger partial charge in [-0.3, -0.25) is 9.59 Å². The number of nitrogens with two attached hydrogens (primary N) is 1. The monoisotopic (exact) mass is 279 g/mol. The normalized spacial score (nSPS) is 10.2. The van der Waals surface area contributed by atoms with Crippen molar-refractivity contribution in [2.24, 2.45) is 0 Å². The maximum atomic E-state index is 11.5. The summed E-state index contributed by atoms with van der Waals surface area (Å²) in [5.41, 5.74) is 6.24. The van der Waals surface area contributed by atoms with Gasteiger partial charge in [0, 0.05) is 6.04 Å². The molecule has 4 N–H and O–H groups in total. The number of para-hydroxylation sites is 2. The van der Waals surface area contributed by atoms with Crippen molar-refractivity contribution in [2.75, 3.05) is 18.9 Å². The van der Waals surface area contributed by atoms with Crippen LogP contribution in [-0.4, -0.2) is 31.0 Å². The van der Waals surface area contributed by atoms with E-state index in [1.165, 1.54) is 0 Å². The van der Waals surface area contributed by atoms with Gasteiger partial charge in [-0.2, -0.15) is 0 Å². The fourth-order valence-electron chi connectivity index (χ4n) is 1.51. The smallest absolute Gasteiger partial charge is 0.239 e. The molecule has 0 aromatic heterocycles. The Kier molecular flexibility index (Phi) is 6.36. The van der Waals surface area contributed by atoms with Crippen molar-refractivity contribution in [1.29, 1.82) is 0 Å². The summed E-state index contributed by atoms with van der Waals surface area (Å²) < 4.78 is 5.39. The third-order valence-corrected chi connectivity index (χ3v) is 2.40. The van der Waals surface area contributed by atoms with Gasteiger partial charge in [-0.1, -0.05) is 12.1 Å². The average molecular weight is 279 g/mol. The first-order chi connectivity index (χ1) is 9.49. The molecule has 1 rings (SSSR count). The van der Waals surface area contributed by atoms with Crippen LogP contribution in [-0.2, 0) is 9.59 Å². The SMILES string of the molecule is CC(C)NC(=O)CNC(=O)CCOc1ccccc1N. The van der Waals surface area contributed by atoms with Crippen LogP contribution < -0.4 is 21.1 Å². The first-order valence-electron chi connectivity index (χ1n) is 6.52. The Morgan fingerprint density at radius 3 is 2.60 bits per heavy atom. The fourth-order valence-corrected chi connectivity index (χ4v) is 1.51. The minimum absolute atomic E-state index is 0.0233. The molecule has 0 unspecified atom stereocenters. The number of ether oxygens (including phenoxy) is 1. The molecular formula is C14H21N3O3. The van der Waals surface area contributed by atoms with E-state index in [0.29, 0.717) is 11.4 Å². The molecule has 6 heteroatoms. The van der Waals surface area contributed by atoms with E-state index >= 15 is 0 Å². The fraction of sp³-hybridized carbons (Fsp3) is 0.429. The quantitative estimate of drug-likeness (QED) is 0.640. The summed E-state index contributed by atoms with van der Waals surface area (Å²) in [4.78, 5) is 22.8. The van der Waals surface area contributed by atoms with Crippen LogP contribution in [0.15, 0.2) is 24.3 Å². The maximum absolute atomic E-state index is 11.5. The Hall–Kier alpha value is -2.24. The first-order valence-corrected chi connectivity index (χ1v) is 6.52. The third-order valence-electron chi connectivity index (χ3n) is 2.40. The Balaban J connectivity index is 2.21. The lowest BCUT2D eigenvalue weighted by molar-refractivity contribution is -0.126. The number of nitrogens with one attached hydrogen (secondary N) is 2. The lowest BCUT2D eigenvalue weighted by atomic mass is 10.3. The molecule has 6 nitrogen and oxygen atoms in total. The highest BCUT2D eigenvalue weighted by atomic mass is 16.5. The number of anilines is 1. The number of carbonyl (C=O) groups is 2. The van der Waals surface area contributed by atoms with Gasteiger partial charge < -0.3 is 21.1 Å². The number of hydrogen-bond acceptors (Lipinski definition) is 4. The van der Waals surface area contributed by atoms with E-state index in [2.05, 4.69) is 10.6 Å². The lowest BCUT2D eigenvalue weighted by Crippen LogP contribution is -2.40. The Bertz CT molecular complexity index is 461. The standard InChI is InChI=1S/C14H21N3O3/c1-10(2)17-14(19)9-16-13(18)7-8-20-12-6-4-3-5-11(12)15/h3-6,10H,7-9,15H2,1-2H3,(H,16,18)(H,17,19). The van der Waals surface area contributed by atoms with Crippen LogP contribution in [0.5, 0.6) is 5.75 Å². The second-order valence-corrected chi connectivity index (χ2v) is 4.64. The van der Waals surface area contributed by atoms with Crippen LogP contribution in [0.4, 0.5) is 5.69 Å². The van der Waals surface area contributed by atoms with E-state index in [1.807, 2.05) is 26.0 Å².